The van der Waals surface area contributed by atoms with Crippen LogP contribution in [0, 0.1) is 5.41 Å². The molecule has 28 heavy (non-hydrogen) atoms. The maximum Gasteiger partial charge on any atom is 0.244 e. The quantitative estimate of drug-likeness (QED) is 0.767. The number of anilines is 1. The molecule has 2 aliphatic heterocycles. The van der Waals surface area contributed by atoms with Crippen LogP contribution in [0.5, 0.6) is 0 Å². The second-order valence-electron chi connectivity index (χ2n) is 8.70. The van der Waals surface area contributed by atoms with Gasteiger partial charge in [-0.25, -0.2) is 13.4 Å². The Labute approximate surface area is 168 Å². The summed E-state index contributed by atoms with van der Waals surface area (Å²) in [6.45, 7) is 9.93. The molecule has 156 valence electrons. The lowest BCUT2D eigenvalue weighted by Crippen LogP contribution is -2.41. The van der Waals surface area contributed by atoms with E-state index in [1.807, 2.05) is 25.7 Å². The number of hydrogen-bond donors (Lipinski definition) is 0. The standard InChI is InChI=1S/C20H32N4O3S/c1-20(2,3)19(25)23-11-7-10-22(14-15-23)18-9-8-17(16-21-18)28(26,27)24-12-5-4-6-13-24/h8-9,16H,4-7,10-15H2,1-3H3. The minimum atomic E-state index is -3.45. The van der Waals surface area contributed by atoms with Gasteiger partial charge in [0.2, 0.25) is 15.9 Å². The molecule has 0 radical (unpaired) electrons. The number of hydrogen-bond acceptors (Lipinski definition) is 5. The van der Waals surface area contributed by atoms with Gasteiger partial charge in [0, 0.05) is 50.9 Å². The SMILES string of the molecule is CC(C)(C)C(=O)N1CCCN(c2ccc(S(=O)(=O)N3CCCCC3)cn2)CC1. The fourth-order valence-electron chi connectivity index (χ4n) is 3.79. The van der Waals surface area contributed by atoms with Crippen molar-refractivity contribution in [3.63, 3.8) is 0 Å². The summed E-state index contributed by atoms with van der Waals surface area (Å²) in [6.07, 6.45) is 5.27. The van der Waals surface area contributed by atoms with Crippen LogP contribution < -0.4 is 4.90 Å². The molecule has 0 saturated carbocycles. The molecule has 7 nitrogen and oxygen atoms in total. The third kappa shape index (κ3) is 4.66. The largest absolute Gasteiger partial charge is 0.355 e. The molecule has 8 heteroatoms. The minimum absolute atomic E-state index is 0.172. The van der Waals surface area contributed by atoms with Gasteiger partial charge in [0.1, 0.15) is 10.7 Å². The van der Waals surface area contributed by atoms with E-state index in [9.17, 15) is 13.2 Å². The van der Waals surface area contributed by atoms with Crippen LogP contribution in [0.4, 0.5) is 5.82 Å². The first-order chi connectivity index (χ1) is 13.2. The molecule has 2 aliphatic rings. The Morgan fingerprint density at radius 3 is 2.25 bits per heavy atom. The molecular formula is C20H32N4O3S. The summed E-state index contributed by atoms with van der Waals surface area (Å²) in [7, 11) is -3.45. The van der Waals surface area contributed by atoms with Gasteiger partial charge in [-0.1, -0.05) is 27.2 Å². The Kier molecular flexibility index (Phi) is 6.29. The first kappa shape index (κ1) is 21.0. The van der Waals surface area contributed by atoms with Gasteiger partial charge in [-0.05, 0) is 31.4 Å². The molecule has 3 heterocycles. The predicted octanol–water partition coefficient (Wildman–Crippen LogP) is 2.34. The molecule has 1 aromatic rings. The normalized spacial score (nSPS) is 20.1. The molecule has 0 atom stereocenters. The van der Waals surface area contributed by atoms with Crippen molar-refractivity contribution in [2.45, 2.75) is 51.3 Å². The number of carbonyl (C=O) groups excluding carboxylic acids is 1. The van der Waals surface area contributed by atoms with E-state index in [1.54, 1.807) is 16.4 Å². The van der Waals surface area contributed by atoms with E-state index < -0.39 is 10.0 Å². The van der Waals surface area contributed by atoms with E-state index >= 15 is 0 Å². The molecule has 1 amide bonds. The lowest BCUT2D eigenvalue weighted by molar-refractivity contribution is -0.139. The summed E-state index contributed by atoms with van der Waals surface area (Å²) in [5.74, 6) is 0.938. The third-order valence-electron chi connectivity index (χ3n) is 5.42. The van der Waals surface area contributed by atoms with Gasteiger partial charge in [0.25, 0.3) is 0 Å². The maximum absolute atomic E-state index is 12.8. The number of piperidine rings is 1. The van der Waals surface area contributed by atoms with Crippen molar-refractivity contribution < 1.29 is 13.2 Å². The Morgan fingerprint density at radius 1 is 0.929 bits per heavy atom. The lowest BCUT2D eigenvalue weighted by Gasteiger charge is -2.28. The van der Waals surface area contributed by atoms with Crippen molar-refractivity contribution in [2.75, 3.05) is 44.2 Å². The number of aromatic nitrogens is 1. The Bertz CT molecular complexity index is 781. The van der Waals surface area contributed by atoms with Crippen molar-refractivity contribution in [1.82, 2.24) is 14.2 Å². The number of amides is 1. The topological polar surface area (TPSA) is 73.8 Å². The molecular weight excluding hydrogens is 376 g/mol. The zero-order valence-corrected chi connectivity index (χ0v) is 18.0. The van der Waals surface area contributed by atoms with Crippen LogP contribution in [0.1, 0.15) is 46.5 Å². The van der Waals surface area contributed by atoms with Gasteiger partial charge >= 0.3 is 0 Å². The highest BCUT2D eigenvalue weighted by atomic mass is 32.2. The fraction of sp³-hybridized carbons (Fsp3) is 0.700. The molecule has 0 aliphatic carbocycles. The predicted molar refractivity (Wildman–Crippen MR) is 110 cm³/mol. The number of rotatable bonds is 3. The van der Waals surface area contributed by atoms with E-state index in [4.69, 9.17) is 0 Å². The molecule has 1 aromatic heterocycles. The molecule has 2 saturated heterocycles. The van der Waals surface area contributed by atoms with E-state index in [0.29, 0.717) is 26.2 Å². The van der Waals surface area contributed by atoms with Gasteiger partial charge in [-0.15, -0.1) is 0 Å². The first-order valence-corrected chi connectivity index (χ1v) is 11.6. The summed E-state index contributed by atoms with van der Waals surface area (Å²) >= 11 is 0. The average molecular weight is 409 g/mol. The number of pyridine rings is 1. The van der Waals surface area contributed by atoms with Crippen LogP contribution in [0.15, 0.2) is 23.2 Å². The van der Waals surface area contributed by atoms with E-state index in [0.717, 1.165) is 44.6 Å². The Hall–Kier alpha value is -1.67. The van der Waals surface area contributed by atoms with Crippen molar-refractivity contribution in [1.29, 1.82) is 0 Å². The summed E-state index contributed by atoms with van der Waals surface area (Å²) in [5.41, 5.74) is -0.377. The third-order valence-corrected chi connectivity index (χ3v) is 7.30. The average Bonchev–Trinajstić information content (AvgIpc) is 2.93. The molecule has 2 fully saturated rings. The summed E-state index contributed by atoms with van der Waals surface area (Å²) < 4.78 is 27.1. The van der Waals surface area contributed by atoms with Crippen molar-refractivity contribution >= 4 is 21.7 Å². The van der Waals surface area contributed by atoms with Crippen LogP contribution in [-0.2, 0) is 14.8 Å². The van der Waals surface area contributed by atoms with E-state index in [1.165, 1.54) is 6.20 Å². The Morgan fingerprint density at radius 2 is 1.64 bits per heavy atom. The fourth-order valence-corrected chi connectivity index (χ4v) is 5.25. The van der Waals surface area contributed by atoms with Gasteiger partial charge in [0.05, 0.1) is 0 Å². The highest BCUT2D eigenvalue weighted by molar-refractivity contribution is 7.89. The molecule has 3 rings (SSSR count). The minimum Gasteiger partial charge on any atom is -0.355 e. The summed E-state index contributed by atoms with van der Waals surface area (Å²) in [5, 5.41) is 0. The van der Waals surface area contributed by atoms with Crippen LogP contribution in [0.3, 0.4) is 0 Å². The van der Waals surface area contributed by atoms with Crippen LogP contribution in [-0.4, -0.2) is 67.8 Å². The number of carbonyl (C=O) groups is 1. The number of nitrogens with zero attached hydrogens (tertiary/aromatic N) is 4. The monoisotopic (exact) mass is 408 g/mol. The van der Waals surface area contributed by atoms with Crippen molar-refractivity contribution in [2.24, 2.45) is 5.41 Å². The van der Waals surface area contributed by atoms with E-state index in [2.05, 4.69) is 9.88 Å². The zero-order chi connectivity index (χ0) is 20.4. The van der Waals surface area contributed by atoms with Crippen molar-refractivity contribution in [3.8, 4) is 0 Å². The molecule has 0 bridgehead atoms. The highest BCUT2D eigenvalue weighted by Gasteiger charge is 2.29. The van der Waals surface area contributed by atoms with Gasteiger partial charge in [-0.2, -0.15) is 4.31 Å². The summed E-state index contributed by atoms with van der Waals surface area (Å²) in [6, 6.07) is 3.45. The molecule has 0 spiro atoms. The van der Waals surface area contributed by atoms with E-state index in [-0.39, 0.29) is 16.2 Å². The molecule has 0 aromatic carbocycles. The van der Waals surface area contributed by atoms with Crippen LogP contribution in [0.2, 0.25) is 0 Å². The van der Waals surface area contributed by atoms with Gasteiger partial charge in [-0.3, -0.25) is 4.79 Å². The maximum atomic E-state index is 12.8. The summed E-state index contributed by atoms with van der Waals surface area (Å²) in [4.78, 5) is 21.3. The second-order valence-corrected chi connectivity index (χ2v) is 10.6. The Balaban J connectivity index is 1.67. The smallest absolute Gasteiger partial charge is 0.244 e. The number of sulfonamides is 1. The molecule has 0 N–H and O–H groups in total. The van der Waals surface area contributed by atoms with Crippen molar-refractivity contribution in [3.05, 3.63) is 18.3 Å². The first-order valence-electron chi connectivity index (χ1n) is 10.2. The highest BCUT2D eigenvalue weighted by Crippen LogP contribution is 2.23. The second kappa shape index (κ2) is 8.37. The lowest BCUT2D eigenvalue weighted by atomic mass is 9.94. The van der Waals surface area contributed by atoms with Gasteiger partial charge in [0.15, 0.2) is 0 Å². The molecule has 0 unspecified atom stereocenters. The van der Waals surface area contributed by atoms with Crippen LogP contribution >= 0.6 is 0 Å². The zero-order valence-electron chi connectivity index (χ0n) is 17.2. The van der Waals surface area contributed by atoms with Gasteiger partial charge < -0.3 is 9.80 Å². The van der Waals surface area contributed by atoms with Crippen LogP contribution in [0.25, 0.3) is 0 Å².